The molecule has 2 aromatic rings. The van der Waals surface area contributed by atoms with E-state index in [9.17, 15) is 0 Å². The van der Waals surface area contributed by atoms with Crippen LogP contribution in [0, 0.1) is 11.8 Å². The smallest absolute Gasteiger partial charge is 0.0969 e. The summed E-state index contributed by atoms with van der Waals surface area (Å²) >= 11 is 1.89. The van der Waals surface area contributed by atoms with Crippen molar-refractivity contribution in [3.8, 4) is 0 Å². The Kier molecular flexibility index (Phi) is 4.63. The fraction of sp³-hybridized carbons (Fsp3) is 0.667. The van der Waals surface area contributed by atoms with Crippen LogP contribution in [0.2, 0.25) is 0 Å². The van der Waals surface area contributed by atoms with Gasteiger partial charge in [-0.25, -0.2) is 4.98 Å². The molecule has 5 atom stereocenters. The minimum atomic E-state index is -0.00978. The van der Waals surface area contributed by atoms with Gasteiger partial charge in [-0.2, -0.15) is 0 Å². The second kappa shape index (κ2) is 6.64. The van der Waals surface area contributed by atoms with Gasteiger partial charge in [0.1, 0.15) is 0 Å². The molecule has 1 saturated carbocycles. The highest BCUT2D eigenvalue weighted by Gasteiger charge is 2.35. The van der Waals surface area contributed by atoms with Gasteiger partial charge in [-0.3, -0.25) is 0 Å². The van der Waals surface area contributed by atoms with E-state index in [1.807, 2.05) is 11.3 Å². The maximum Gasteiger partial charge on any atom is 0.0969 e. The van der Waals surface area contributed by atoms with Gasteiger partial charge in [-0.1, -0.05) is 19.9 Å². The molecule has 3 nitrogen and oxygen atoms in total. The number of thiazole rings is 1. The lowest BCUT2D eigenvalue weighted by Crippen LogP contribution is -2.46. The van der Waals surface area contributed by atoms with Crippen molar-refractivity contribution in [1.29, 1.82) is 0 Å². The highest BCUT2D eigenvalue weighted by molar-refractivity contribution is 7.18. The zero-order chi connectivity index (χ0) is 17.6. The quantitative estimate of drug-likeness (QED) is 0.797. The summed E-state index contributed by atoms with van der Waals surface area (Å²) < 4.78 is 1.33. The first-order valence-corrected chi connectivity index (χ1v) is 10.7. The van der Waals surface area contributed by atoms with Gasteiger partial charge in [0.05, 0.1) is 15.2 Å². The monoisotopic (exact) mass is 357 g/mol. The molecule has 2 aliphatic rings. The van der Waals surface area contributed by atoms with Crippen molar-refractivity contribution < 1.29 is 0 Å². The van der Waals surface area contributed by atoms with E-state index in [-0.39, 0.29) is 5.54 Å². The van der Waals surface area contributed by atoms with Crippen LogP contribution in [-0.2, 0) is 0 Å². The average molecular weight is 358 g/mol. The molecule has 1 saturated heterocycles. The van der Waals surface area contributed by atoms with Gasteiger partial charge < -0.3 is 11.1 Å². The van der Waals surface area contributed by atoms with Crippen molar-refractivity contribution in [3.05, 3.63) is 28.8 Å². The Bertz CT molecular complexity index is 743. The van der Waals surface area contributed by atoms with Crippen LogP contribution in [0.3, 0.4) is 0 Å². The molecule has 25 heavy (non-hydrogen) atoms. The summed E-state index contributed by atoms with van der Waals surface area (Å²) in [4.78, 5) is 5.04. The van der Waals surface area contributed by atoms with Crippen molar-refractivity contribution in [2.75, 3.05) is 6.54 Å². The van der Waals surface area contributed by atoms with Crippen molar-refractivity contribution >= 4 is 21.6 Å². The summed E-state index contributed by atoms with van der Waals surface area (Å²) in [5, 5.41) is 5.02. The maximum absolute atomic E-state index is 6.42. The average Bonchev–Trinajstić information content (AvgIpc) is 3.01. The van der Waals surface area contributed by atoms with Gasteiger partial charge in [0.15, 0.2) is 0 Å². The number of piperidine rings is 1. The molecule has 4 rings (SSSR count). The number of hydrogen-bond donors (Lipinski definition) is 2. The van der Waals surface area contributed by atoms with E-state index in [4.69, 9.17) is 10.7 Å². The van der Waals surface area contributed by atoms with Gasteiger partial charge in [0, 0.05) is 17.5 Å². The molecule has 0 bridgehead atoms. The van der Waals surface area contributed by atoms with Crippen LogP contribution in [0.1, 0.15) is 75.4 Å². The molecule has 1 aromatic heterocycles. The van der Waals surface area contributed by atoms with Gasteiger partial charge in [-0.15, -0.1) is 11.3 Å². The first kappa shape index (κ1) is 17.4. The number of rotatable bonds is 2. The van der Waals surface area contributed by atoms with Crippen molar-refractivity contribution in [2.45, 2.75) is 70.4 Å². The summed E-state index contributed by atoms with van der Waals surface area (Å²) in [6.07, 6.45) is 5.99. The molecule has 1 aromatic carbocycles. The predicted molar refractivity (Wildman–Crippen MR) is 107 cm³/mol. The largest absolute Gasteiger partial charge is 0.325 e. The van der Waals surface area contributed by atoms with Gasteiger partial charge in [0.25, 0.3) is 0 Å². The predicted octanol–water partition coefficient (Wildman–Crippen LogP) is 4.98. The van der Waals surface area contributed by atoms with Crippen LogP contribution >= 0.6 is 11.3 Å². The summed E-state index contributed by atoms with van der Waals surface area (Å²) in [7, 11) is 0. The van der Waals surface area contributed by atoms with Crippen molar-refractivity contribution in [1.82, 2.24) is 10.3 Å². The van der Waals surface area contributed by atoms with Crippen LogP contribution in [0.25, 0.3) is 10.2 Å². The number of fused-ring (bicyclic) bond motifs is 1. The molecular weight excluding hydrogens is 326 g/mol. The van der Waals surface area contributed by atoms with E-state index in [1.54, 1.807) is 0 Å². The lowest BCUT2D eigenvalue weighted by molar-refractivity contribution is 0.205. The highest BCUT2D eigenvalue weighted by Crippen LogP contribution is 2.42. The van der Waals surface area contributed by atoms with E-state index in [2.05, 4.69) is 44.3 Å². The van der Waals surface area contributed by atoms with E-state index < -0.39 is 0 Å². The third-order valence-corrected chi connectivity index (χ3v) is 7.83. The fourth-order valence-corrected chi connectivity index (χ4v) is 5.50. The van der Waals surface area contributed by atoms with Gasteiger partial charge in [-0.05, 0) is 75.1 Å². The molecule has 2 fully saturated rings. The highest BCUT2D eigenvalue weighted by atomic mass is 32.1. The van der Waals surface area contributed by atoms with Crippen LogP contribution in [-0.4, -0.2) is 17.1 Å². The van der Waals surface area contributed by atoms with Crippen molar-refractivity contribution in [2.24, 2.45) is 17.6 Å². The SMILES string of the molecule is CC1CCC(c2ccc3sc(C4CCC(C)(N)C(C)C4)nc3c2)NC1. The Morgan fingerprint density at radius 2 is 2.08 bits per heavy atom. The van der Waals surface area contributed by atoms with Crippen LogP contribution in [0.5, 0.6) is 0 Å². The minimum absolute atomic E-state index is 0.00978. The zero-order valence-electron chi connectivity index (χ0n) is 15.7. The number of hydrogen-bond acceptors (Lipinski definition) is 4. The van der Waals surface area contributed by atoms with E-state index in [1.165, 1.54) is 46.5 Å². The Morgan fingerprint density at radius 3 is 2.80 bits per heavy atom. The molecule has 2 heterocycles. The molecule has 1 aliphatic carbocycles. The third-order valence-electron chi connectivity index (χ3n) is 6.64. The first-order chi connectivity index (χ1) is 11.9. The third kappa shape index (κ3) is 3.49. The standard InChI is InChI=1S/C21H31N3S/c1-13-4-6-17(23-12-13)15-5-7-19-18(11-15)24-20(25-19)16-8-9-21(3,22)14(2)10-16/h5,7,11,13-14,16-17,23H,4,6,8-10,12,22H2,1-3H3. The maximum atomic E-state index is 6.42. The number of nitrogens with two attached hydrogens (primary N) is 1. The van der Waals surface area contributed by atoms with Gasteiger partial charge >= 0.3 is 0 Å². The van der Waals surface area contributed by atoms with E-state index in [0.717, 1.165) is 18.9 Å². The van der Waals surface area contributed by atoms with Crippen LogP contribution in [0.4, 0.5) is 0 Å². The molecular formula is C21H31N3S. The van der Waals surface area contributed by atoms with Crippen LogP contribution < -0.4 is 11.1 Å². The number of nitrogens with one attached hydrogen (secondary N) is 1. The Labute approximate surface area is 155 Å². The lowest BCUT2D eigenvalue weighted by atomic mass is 9.71. The number of benzene rings is 1. The Morgan fingerprint density at radius 1 is 1.24 bits per heavy atom. The normalized spacial score (nSPS) is 36.6. The summed E-state index contributed by atoms with van der Waals surface area (Å²) in [5.41, 5.74) is 9.01. The minimum Gasteiger partial charge on any atom is -0.325 e. The van der Waals surface area contributed by atoms with E-state index in [0.29, 0.717) is 17.9 Å². The summed E-state index contributed by atoms with van der Waals surface area (Å²) in [6, 6.07) is 7.41. The molecule has 0 spiro atoms. The second-order valence-electron chi connectivity index (χ2n) is 8.80. The van der Waals surface area contributed by atoms with Crippen LogP contribution in [0.15, 0.2) is 18.2 Å². The molecule has 0 amide bonds. The zero-order valence-corrected chi connectivity index (χ0v) is 16.5. The molecule has 136 valence electrons. The Balaban J connectivity index is 1.55. The summed E-state index contributed by atoms with van der Waals surface area (Å²) in [6.45, 7) is 7.96. The topological polar surface area (TPSA) is 50.9 Å². The number of aromatic nitrogens is 1. The van der Waals surface area contributed by atoms with Crippen molar-refractivity contribution in [3.63, 3.8) is 0 Å². The number of nitrogens with zero attached hydrogens (tertiary/aromatic N) is 1. The van der Waals surface area contributed by atoms with Gasteiger partial charge in [0.2, 0.25) is 0 Å². The van der Waals surface area contributed by atoms with E-state index >= 15 is 0 Å². The molecule has 5 unspecified atom stereocenters. The molecule has 0 radical (unpaired) electrons. The molecule has 3 N–H and O–H groups in total. The fourth-order valence-electron chi connectivity index (χ4n) is 4.41. The molecule has 1 aliphatic heterocycles. The second-order valence-corrected chi connectivity index (χ2v) is 9.86. The first-order valence-electron chi connectivity index (χ1n) is 9.85. The molecule has 4 heteroatoms. The Hall–Kier alpha value is -0.970. The summed E-state index contributed by atoms with van der Waals surface area (Å²) in [5.74, 6) is 1.94. The lowest BCUT2D eigenvalue weighted by Gasteiger charge is -2.39.